The SMILES string of the molecule is C=CCN(C)/C=C(/CC#N)C/C=C/CC/C=C/C. The zero-order chi connectivity index (χ0) is 13.6. The summed E-state index contributed by atoms with van der Waals surface area (Å²) < 4.78 is 0. The highest BCUT2D eigenvalue weighted by atomic mass is 15.1. The van der Waals surface area contributed by atoms with Gasteiger partial charge in [-0.2, -0.15) is 5.26 Å². The Hall–Kier alpha value is -1.75. The molecule has 0 aliphatic carbocycles. The normalized spacial score (nSPS) is 11.9. The highest BCUT2D eigenvalue weighted by Crippen LogP contribution is 2.09. The van der Waals surface area contributed by atoms with Crippen LogP contribution in [0.1, 0.15) is 32.6 Å². The van der Waals surface area contributed by atoms with Crippen LogP contribution in [0.25, 0.3) is 0 Å². The fourth-order valence-corrected chi connectivity index (χ4v) is 1.55. The highest BCUT2D eigenvalue weighted by molar-refractivity contribution is 5.12. The Morgan fingerprint density at radius 3 is 2.61 bits per heavy atom. The number of hydrogen-bond acceptors (Lipinski definition) is 2. The molecule has 18 heavy (non-hydrogen) atoms. The van der Waals surface area contributed by atoms with Crippen molar-refractivity contribution in [3.8, 4) is 6.07 Å². The maximum atomic E-state index is 8.79. The van der Waals surface area contributed by atoms with Gasteiger partial charge >= 0.3 is 0 Å². The van der Waals surface area contributed by atoms with Gasteiger partial charge in [-0.05, 0) is 38.0 Å². The Balaban J connectivity index is 4.19. The molecule has 0 heterocycles. The van der Waals surface area contributed by atoms with E-state index >= 15 is 0 Å². The molecule has 0 amide bonds. The van der Waals surface area contributed by atoms with Gasteiger partial charge < -0.3 is 4.90 Å². The lowest BCUT2D eigenvalue weighted by Gasteiger charge is -2.12. The lowest BCUT2D eigenvalue weighted by Crippen LogP contribution is -2.10. The van der Waals surface area contributed by atoms with Crippen molar-refractivity contribution in [2.75, 3.05) is 13.6 Å². The number of rotatable bonds is 9. The molecule has 0 rings (SSSR count). The number of nitriles is 1. The second kappa shape index (κ2) is 11.7. The number of nitrogens with zero attached hydrogens (tertiary/aromatic N) is 2. The summed E-state index contributed by atoms with van der Waals surface area (Å²) in [7, 11) is 1.99. The molecule has 0 N–H and O–H groups in total. The predicted molar refractivity (Wildman–Crippen MR) is 78.9 cm³/mol. The van der Waals surface area contributed by atoms with Gasteiger partial charge in [0.1, 0.15) is 0 Å². The van der Waals surface area contributed by atoms with E-state index in [0.29, 0.717) is 6.42 Å². The Kier molecular flexibility index (Phi) is 10.6. The number of likely N-dealkylation sites (N-methyl/N-ethyl adjacent to an activating group) is 1. The van der Waals surface area contributed by atoms with Gasteiger partial charge in [-0.15, -0.1) is 6.58 Å². The molecule has 0 aromatic heterocycles. The summed E-state index contributed by atoms with van der Waals surface area (Å²) >= 11 is 0. The van der Waals surface area contributed by atoms with Crippen LogP contribution >= 0.6 is 0 Å². The zero-order valence-corrected chi connectivity index (χ0v) is 11.6. The molecule has 0 atom stereocenters. The Labute approximate surface area is 112 Å². The lowest BCUT2D eigenvalue weighted by molar-refractivity contribution is 0.503. The van der Waals surface area contributed by atoms with Gasteiger partial charge in [0.15, 0.2) is 0 Å². The van der Waals surface area contributed by atoms with Crippen LogP contribution in [0.5, 0.6) is 0 Å². The van der Waals surface area contributed by atoms with E-state index in [4.69, 9.17) is 5.26 Å². The van der Waals surface area contributed by atoms with Gasteiger partial charge in [0.05, 0.1) is 12.5 Å². The van der Waals surface area contributed by atoms with Gasteiger partial charge in [-0.25, -0.2) is 0 Å². The maximum absolute atomic E-state index is 8.79. The standard InChI is InChI=1S/C16H24N2/c1-4-6-7-8-9-10-11-16(12-13-17)15-18(3)14-5-2/h4-6,9-10,15H,2,7-8,11-12,14H2,1,3H3/b6-4+,10-9+,16-15+. The first-order chi connectivity index (χ1) is 8.74. The van der Waals surface area contributed by atoms with Gasteiger partial charge in [-0.3, -0.25) is 0 Å². The van der Waals surface area contributed by atoms with Crippen molar-refractivity contribution in [1.29, 1.82) is 5.26 Å². The molecule has 0 aromatic rings. The van der Waals surface area contributed by atoms with Crippen LogP contribution in [0.2, 0.25) is 0 Å². The van der Waals surface area contributed by atoms with Crippen molar-refractivity contribution in [3.05, 3.63) is 48.7 Å². The van der Waals surface area contributed by atoms with Crippen LogP contribution in [-0.4, -0.2) is 18.5 Å². The van der Waals surface area contributed by atoms with E-state index in [-0.39, 0.29) is 0 Å². The van der Waals surface area contributed by atoms with E-state index in [1.807, 2.05) is 31.1 Å². The van der Waals surface area contributed by atoms with Crippen LogP contribution in [-0.2, 0) is 0 Å². The molecule has 0 spiro atoms. The van der Waals surface area contributed by atoms with Crippen molar-refractivity contribution >= 4 is 0 Å². The maximum Gasteiger partial charge on any atom is 0.0666 e. The molecule has 0 radical (unpaired) electrons. The van der Waals surface area contributed by atoms with Crippen LogP contribution in [0.4, 0.5) is 0 Å². The molecular weight excluding hydrogens is 220 g/mol. The minimum atomic E-state index is 0.487. The van der Waals surface area contributed by atoms with Crippen molar-refractivity contribution in [2.45, 2.75) is 32.6 Å². The smallest absolute Gasteiger partial charge is 0.0666 e. The van der Waals surface area contributed by atoms with Crippen molar-refractivity contribution in [2.24, 2.45) is 0 Å². The van der Waals surface area contributed by atoms with Crippen LogP contribution in [0.3, 0.4) is 0 Å². The van der Waals surface area contributed by atoms with E-state index in [2.05, 4.69) is 37.0 Å². The monoisotopic (exact) mass is 244 g/mol. The molecule has 0 fully saturated rings. The molecule has 0 aliphatic rings. The predicted octanol–water partition coefficient (Wildman–Crippen LogP) is 4.20. The largest absolute Gasteiger partial charge is 0.377 e. The van der Waals surface area contributed by atoms with E-state index < -0.39 is 0 Å². The summed E-state index contributed by atoms with van der Waals surface area (Å²) in [5.41, 5.74) is 1.14. The second-order valence-electron chi connectivity index (χ2n) is 4.17. The third-order valence-corrected chi connectivity index (χ3v) is 2.41. The van der Waals surface area contributed by atoms with E-state index in [0.717, 1.165) is 31.4 Å². The van der Waals surface area contributed by atoms with Crippen molar-refractivity contribution in [1.82, 2.24) is 4.90 Å². The molecule has 0 aromatic carbocycles. The van der Waals surface area contributed by atoms with Gasteiger partial charge in [0.25, 0.3) is 0 Å². The average molecular weight is 244 g/mol. The van der Waals surface area contributed by atoms with Crippen LogP contribution in [0.15, 0.2) is 48.7 Å². The van der Waals surface area contributed by atoms with Gasteiger partial charge in [0, 0.05) is 13.6 Å². The van der Waals surface area contributed by atoms with Gasteiger partial charge in [0.2, 0.25) is 0 Å². The summed E-state index contributed by atoms with van der Waals surface area (Å²) in [6.45, 7) is 6.54. The average Bonchev–Trinajstić information content (AvgIpc) is 2.34. The van der Waals surface area contributed by atoms with Crippen molar-refractivity contribution < 1.29 is 0 Å². The molecule has 0 bridgehead atoms. The summed E-state index contributed by atoms with van der Waals surface area (Å²) in [5.74, 6) is 0. The summed E-state index contributed by atoms with van der Waals surface area (Å²) in [5, 5.41) is 8.79. The first kappa shape index (κ1) is 16.2. The molecule has 2 heteroatoms. The number of unbranched alkanes of at least 4 members (excludes halogenated alkanes) is 1. The molecule has 0 saturated carbocycles. The Bertz CT molecular complexity index is 343. The molecular formula is C16H24N2. The second-order valence-corrected chi connectivity index (χ2v) is 4.17. The minimum absolute atomic E-state index is 0.487. The first-order valence-electron chi connectivity index (χ1n) is 6.38. The zero-order valence-electron chi connectivity index (χ0n) is 11.6. The van der Waals surface area contributed by atoms with E-state index in [9.17, 15) is 0 Å². The summed E-state index contributed by atoms with van der Waals surface area (Å²) in [6, 6.07) is 2.21. The van der Waals surface area contributed by atoms with Crippen LogP contribution in [0, 0.1) is 11.3 Å². The first-order valence-corrected chi connectivity index (χ1v) is 6.38. The molecule has 98 valence electrons. The Morgan fingerprint density at radius 2 is 2.00 bits per heavy atom. The summed E-state index contributed by atoms with van der Waals surface area (Å²) in [4.78, 5) is 2.05. The fourth-order valence-electron chi connectivity index (χ4n) is 1.55. The molecule has 0 saturated heterocycles. The number of hydrogen-bond donors (Lipinski definition) is 0. The quantitative estimate of drug-likeness (QED) is 0.449. The number of allylic oxidation sites excluding steroid dienone is 5. The van der Waals surface area contributed by atoms with E-state index in [1.165, 1.54) is 0 Å². The fraction of sp³-hybridized carbons (Fsp3) is 0.438. The third kappa shape index (κ3) is 9.47. The topological polar surface area (TPSA) is 27.0 Å². The molecule has 0 aliphatic heterocycles. The third-order valence-electron chi connectivity index (χ3n) is 2.41. The van der Waals surface area contributed by atoms with E-state index in [1.54, 1.807) is 0 Å². The summed E-state index contributed by atoms with van der Waals surface area (Å²) in [6.07, 6.45) is 15.9. The van der Waals surface area contributed by atoms with Crippen molar-refractivity contribution in [3.63, 3.8) is 0 Å². The minimum Gasteiger partial charge on any atom is -0.377 e. The lowest BCUT2D eigenvalue weighted by atomic mass is 10.1. The Morgan fingerprint density at radius 1 is 1.28 bits per heavy atom. The molecule has 0 unspecified atom stereocenters. The molecule has 2 nitrogen and oxygen atoms in total. The van der Waals surface area contributed by atoms with Gasteiger partial charge in [-0.1, -0.05) is 30.4 Å². The highest BCUT2D eigenvalue weighted by Gasteiger charge is 1.96. The van der Waals surface area contributed by atoms with Crippen LogP contribution < -0.4 is 0 Å².